The van der Waals surface area contributed by atoms with Crippen LogP contribution in [0.5, 0.6) is 11.5 Å². The van der Waals surface area contributed by atoms with Gasteiger partial charge >= 0.3 is 0 Å². The molecule has 2 heterocycles. The lowest BCUT2D eigenvalue weighted by molar-refractivity contribution is -0.121. The molecule has 0 bridgehead atoms. The maximum atomic E-state index is 12.3. The highest BCUT2D eigenvalue weighted by Gasteiger charge is 2.14. The molecule has 3 N–H and O–H groups in total. The number of hydrogen-bond acceptors (Lipinski definition) is 5. The van der Waals surface area contributed by atoms with Gasteiger partial charge in [0.05, 0.1) is 12.7 Å². The number of hydrogen-bond donors (Lipinski definition) is 3. The minimum atomic E-state index is -0.209. The van der Waals surface area contributed by atoms with E-state index in [1.807, 2.05) is 36.4 Å². The lowest BCUT2D eigenvalue weighted by Gasteiger charge is -2.11. The number of hydrazine groups is 1. The molecule has 1 aromatic heterocycles. The normalized spacial score (nSPS) is 12.0. The van der Waals surface area contributed by atoms with Crippen molar-refractivity contribution >= 4 is 34.2 Å². The van der Waals surface area contributed by atoms with Crippen LogP contribution in [0, 0.1) is 0 Å². The van der Waals surface area contributed by atoms with Crippen LogP contribution in [0.15, 0.2) is 47.1 Å². The van der Waals surface area contributed by atoms with Gasteiger partial charge in [-0.3, -0.25) is 15.6 Å². The zero-order valence-electron chi connectivity index (χ0n) is 15.9. The molecular weight excluding hydrogens is 390 g/mol. The quantitative estimate of drug-likeness (QED) is 0.440. The number of ether oxygens (including phenoxy) is 2. The fraction of sp³-hybridized carbons (Fsp3) is 0.238. The first-order chi connectivity index (χ1) is 14.1. The molecule has 0 saturated heterocycles. The summed E-state index contributed by atoms with van der Waals surface area (Å²) in [5, 5.41) is 4.30. The number of fused-ring (bicyclic) bond motifs is 2. The average molecular weight is 411 g/mol. The summed E-state index contributed by atoms with van der Waals surface area (Å²) in [5.74, 6) is 1.24. The number of carbonyl (C=O) groups is 1. The monoisotopic (exact) mass is 411 g/mol. The predicted octanol–water partition coefficient (Wildman–Crippen LogP) is 2.96. The Morgan fingerprint density at radius 1 is 1.07 bits per heavy atom. The van der Waals surface area contributed by atoms with Gasteiger partial charge in [-0.05, 0) is 48.0 Å². The second-order valence-corrected chi connectivity index (χ2v) is 7.07. The van der Waals surface area contributed by atoms with Gasteiger partial charge in [0, 0.05) is 17.5 Å². The molecule has 0 unspecified atom stereocenters. The first-order valence-corrected chi connectivity index (χ1v) is 9.73. The summed E-state index contributed by atoms with van der Waals surface area (Å²) in [4.78, 5) is 12.3. The van der Waals surface area contributed by atoms with Gasteiger partial charge in [-0.25, -0.2) is 0 Å². The molecule has 150 valence electrons. The molecule has 0 atom stereocenters. The second-order valence-electron chi connectivity index (χ2n) is 6.67. The van der Waals surface area contributed by atoms with E-state index in [1.165, 1.54) is 5.56 Å². The van der Waals surface area contributed by atoms with Gasteiger partial charge < -0.3 is 19.2 Å². The maximum Gasteiger partial charge on any atom is 0.242 e. The molecule has 1 aliphatic rings. The Kier molecular flexibility index (Phi) is 5.53. The smallest absolute Gasteiger partial charge is 0.242 e. The lowest BCUT2D eigenvalue weighted by atomic mass is 10.1. The van der Waals surface area contributed by atoms with Crippen molar-refractivity contribution in [2.45, 2.75) is 26.3 Å². The third kappa shape index (κ3) is 4.43. The summed E-state index contributed by atoms with van der Waals surface area (Å²) in [5.41, 5.74) is 9.14. The van der Waals surface area contributed by atoms with Crippen molar-refractivity contribution in [2.75, 3.05) is 6.79 Å². The number of rotatable bonds is 5. The first-order valence-electron chi connectivity index (χ1n) is 9.32. The number of thiocarbonyl (C=S) groups is 1. The fourth-order valence-corrected chi connectivity index (χ4v) is 3.23. The van der Waals surface area contributed by atoms with Crippen molar-refractivity contribution < 1.29 is 18.7 Å². The van der Waals surface area contributed by atoms with Crippen LogP contribution in [-0.4, -0.2) is 17.8 Å². The summed E-state index contributed by atoms with van der Waals surface area (Å²) in [6.07, 6.45) is 2.75. The molecule has 8 heteroatoms. The third-order valence-electron chi connectivity index (χ3n) is 4.68. The number of aryl methyl sites for hydroxylation is 1. The Hall–Kier alpha value is -3.26. The highest BCUT2D eigenvalue weighted by molar-refractivity contribution is 7.80. The SMILES string of the molecule is CCc1ccc2c(CC(=O)NNC(=S)NCc3ccc4c(c3)OCO4)coc2c1. The van der Waals surface area contributed by atoms with Crippen LogP contribution in [-0.2, 0) is 24.2 Å². The summed E-state index contributed by atoms with van der Waals surface area (Å²) in [7, 11) is 0. The molecular formula is C21H21N3O4S. The molecule has 4 rings (SSSR count). The van der Waals surface area contributed by atoms with Gasteiger partial charge in [-0.15, -0.1) is 0 Å². The molecule has 3 aromatic rings. The minimum absolute atomic E-state index is 0.191. The van der Waals surface area contributed by atoms with Crippen LogP contribution in [0.1, 0.15) is 23.6 Å². The van der Waals surface area contributed by atoms with E-state index < -0.39 is 0 Å². The summed E-state index contributed by atoms with van der Waals surface area (Å²) in [6, 6.07) is 11.7. The van der Waals surface area contributed by atoms with Gasteiger partial charge in [0.25, 0.3) is 0 Å². The Labute approximate surface area is 173 Å². The van der Waals surface area contributed by atoms with Crippen LogP contribution in [0.2, 0.25) is 0 Å². The van der Waals surface area contributed by atoms with Crippen molar-refractivity contribution in [2.24, 2.45) is 0 Å². The molecule has 0 aliphatic carbocycles. The Morgan fingerprint density at radius 2 is 1.90 bits per heavy atom. The minimum Gasteiger partial charge on any atom is -0.464 e. The molecule has 29 heavy (non-hydrogen) atoms. The topological polar surface area (TPSA) is 84.8 Å². The standard InChI is InChI=1S/C21H21N3O4S/c1-2-13-3-5-16-15(11-26-18(16)7-13)9-20(25)23-24-21(29)22-10-14-4-6-17-19(8-14)28-12-27-17/h3-8,11H,2,9-10,12H2,1H3,(H,23,25)(H2,22,24,29). The van der Waals surface area contributed by atoms with E-state index in [-0.39, 0.29) is 19.1 Å². The van der Waals surface area contributed by atoms with E-state index >= 15 is 0 Å². The highest BCUT2D eigenvalue weighted by atomic mass is 32.1. The van der Waals surface area contributed by atoms with E-state index in [4.69, 9.17) is 26.1 Å². The Balaban J connectivity index is 1.25. The van der Waals surface area contributed by atoms with E-state index in [0.29, 0.717) is 11.7 Å². The van der Waals surface area contributed by atoms with Crippen LogP contribution < -0.4 is 25.6 Å². The molecule has 0 fully saturated rings. The fourth-order valence-electron chi connectivity index (χ4n) is 3.11. The molecule has 2 aromatic carbocycles. The van der Waals surface area contributed by atoms with E-state index in [1.54, 1.807) is 6.26 Å². The third-order valence-corrected chi connectivity index (χ3v) is 4.93. The number of carbonyl (C=O) groups excluding carboxylic acids is 1. The number of furan rings is 1. The van der Waals surface area contributed by atoms with Crippen molar-refractivity contribution in [3.8, 4) is 11.5 Å². The summed E-state index contributed by atoms with van der Waals surface area (Å²) < 4.78 is 16.2. The molecule has 1 aliphatic heterocycles. The zero-order chi connectivity index (χ0) is 20.2. The summed E-state index contributed by atoms with van der Waals surface area (Å²) in [6.45, 7) is 2.82. The average Bonchev–Trinajstić information content (AvgIpc) is 3.36. The van der Waals surface area contributed by atoms with Crippen molar-refractivity contribution in [3.63, 3.8) is 0 Å². The number of benzene rings is 2. The molecule has 0 saturated carbocycles. The lowest BCUT2D eigenvalue weighted by Crippen LogP contribution is -2.47. The molecule has 0 spiro atoms. The molecule has 7 nitrogen and oxygen atoms in total. The zero-order valence-corrected chi connectivity index (χ0v) is 16.7. The van der Waals surface area contributed by atoms with Crippen LogP contribution >= 0.6 is 12.2 Å². The van der Waals surface area contributed by atoms with Crippen molar-refractivity contribution in [3.05, 3.63) is 59.4 Å². The number of amides is 1. The predicted molar refractivity (Wildman–Crippen MR) is 113 cm³/mol. The van der Waals surface area contributed by atoms with Crippen molar-refractivity contribution in [1.82, 2.24) is 16.2 Å². The largest absolute Gasteiger partial charge is 0.464 e. The van der Waals surface area contributed by atoms with Gasteiger partial charge in [-0.1, -0.05) is 25.1 Å². The van der Waals surface area contributed by atoms with Gasteiger partial charge in [0.2, 0.25) is 12.7 Å². The van der Waals surface area contributed by atoms with E-state index in [0.717, 1.165) is 40.0 Å². The van der Waals surface area contributed by atoms with Crippen molar-refractivity contribution in [1.29, 1.82) is 0 Å². The van der Waals surface area contributed by atoms with Crippen LogP contribution in [0.3, 0.4) is 0 Å². The molecule has 0 radical (unpaired) electrons. The van der Waals surface area contributed by atoms with E-state index in [9.17, 15) is 4.79 Å². The Morgan fingerprint density at radius 3 is 2.76 bits per heavy atom. The van der Waals surface area contributed by atoms with Gasteiger partial charge in [0.15, 0.2) is 16.6 Å². The van der Waals surface area contributed by atoms with Gasteiger partial charge in [0.1, 0.15) is 5.58 Å². The first kappa shape index (κ1) is 19.1. The summed E-state index contributed by atoms with van der Waals surface area (Å²) >= 11 is 5.21. The van der Waals surface area contributed by atoms with Gasteiger partial charge in [-0.2, -0.15) is 0 Å². The highest BCUT2D eigenvalue weighted by Crippen LogP contribution is 2.32. The Bertz CT molecular complexity index is 1060. The number of nitrogens with one attached hydrogen (secondary N) is 3. The van der Waals surface area contributed by atoms with Crippen LogP contribution in [0.4, 0.5) is 0 Å². The van der Waals surface area contributed by atoms with E-state index in [2.05, 4.69) is 23.1 Å². The second kappa shape index (κ2) is 8.40. The molecule has 1 amide bonds. The van der Waals surface area contributed by atoms with Crippen LogP contribution in [0.25, 0.3) is 11.0 Å². The maximum absolute atomic E-state index is 12.3.